The van der Waals surface area contributed by atoms with E-state index in [2.05, 4.69) is 39.1 Å². The van der Waals surface area contributed by atoms with Gasteiger partial charge in [0.2, 0.25) is 0 Å². The van der Waals surface area contributed by atoms with Crippen LogP contribution in [0.5, 0.6) is 5.75 Å². The largest absolute Gasteiger partial charge is 0.496 e. The number of benzene rings is 1. The third kappa shape index (κ3) is 4.95. The molecule has 1 heterocycles. The molecule has 1 atom stereocenters. The molecule has 5 heteroatoms. The van der Waals surface area contributed by atoms with Gasteiger partial charge in [0.25, 0.3) is 0 Å². The van der Waals surface area contributed by atoms with E-state index < -0.39 is 0 Å². The van der Waals surface area contributed by atoms with Crippen molar-refractivity contribution in [2.45, 2.75) is 25.9 Å². The average Bonchev–Trinajstić information content (AvgIpc) is 2.49. The predicted octanol–water partition coefficient (Wildman–Crippen LogP) is 2.66. The second kappa shape index (κ2) is 8.73. The van der Waals surface area contributed by atoms with Crippen LogP contribution >= 0.6 is 15.9 Å². The van der Waals surface area contributed by atoms with Crippen molar-refractivity contribution in [2.75, 3.05) is 40.0 Å². The van der Waals surface area contributed by atoms with Crippen LogP contribution in [0.25, 0.3) is 0 Å². The number of halogens is 1. The third-order valence-electron chi connectivity index (χ3n) is 3.77. The van der Waals surface area contributed by atoms with Crippen LogP contribution in [0.2, 0.25) is 0 Å². The third-order valence-corrected chi connectivity index (χ3v) is 4.27. The first-order valence-corrected chi connectivity index (χ1v) is 8.38. The summed E-state index contributed by atoms with van der Waals surface area (Å²) in [5.74, 6) is 0.949. The first kappa shape index (κ1) is 16.7. The lowest BCUT2D eigenvalue weighted by atomic mass is 10.1. The minimum absolute atomic E-state index is 0.425. The summed E-state index contributed by atoms with van der Waals surface area (Å²) in [5.41, 5.74) is 1.22. The van der Waals surface area contributed by atoms with Crippen LogP contribution in [-0.4, -0.2) is 50.9 Å². The highest BCUT2D eigenvalue weighted by atomic mass is 79.9. The Balaban J connectivity index is 2.02. The van der Waals surface area contributed by atoms with Gasteiger partial charge in [-0.15, -0.1) is 0 Å². The molecule has 0 aliphatic carbocycles. The van der Waals surface area contributed by atoms with E-state index in [-0.39, 0.29) is 0 Å². The first-order valence-electron chi connectivity index (χ1n) is 7.59. The molecule has 0 bridgehead atoms. The Kier molecular flexibility index (Phi) is 6.96. The van der Waals surface area contributed by atoms with E-state index in [1.807, 2.05) is 12.1 Å². The molecule has 0 amide bonds. The molecule has 1 aromatic rings. The van der Waals surface area contributed by atoms with Crippen LogP contribution in [-0.2, 0) is 11.3 Å². The molecular formula is C16H25BrN2O2. The van der Waals surface area contributed by atoms with E-state index in [9.17, 15) is 0 Å². The van der Waals surface area contributed by atoms with Crippen molar-refractivity contribution in [3.8, 4) is 5.75 Å². The van der Waals surface area contributed by atoms with Gasteiger partial charge in [-0.25, -0.2) is 0 Å². The van der Waals surface area contributed by atoms with Crippen molar-refractivity contribution in [3.63, 3.8) is 0 Å². The smallest absolute Gasteiger partial charge is 0.123 e. The number of ether oxygens (including phenoxy) is 2. The molecule has 1 aromatic carbocycles. The van der Waals surface area contributed by atoms with E-state index in [1.165, 1.54) is 5.56 Å². The van der Waals surface area contributed by atoms with Crippen molar-refractivity contribution in [2.24, 2.45) is 0 Å². The second-order valence-electron chi connectivity index (χ2n) is 5.36. The zero-order valence-corrected chi connectivity index (χ0v) is 14.5. The fourth-order valence-electron chi connectivity index (χ4n) is 2.62. The Labute approximate surface area is 135 Å². The maximum absolute atomic E-state index is 5.64. The summed E-state index contributed by atoms with van der Waals surface area (Å²) >= 11 is 3.55. The molecule has 0 aromatic heterocycles. The minimum Gasteiger partial charge on any atom is -0.496 e. The van der Waals surface area contributed by atoms with Crippen LogP contribution in [0.3, 0.4) is 0 Å². The van der Waals surface area contributed by atoms with Crippen molar-refractivity contribution in [1.29, 1.82) is 0 Å². The highest BCUT2D eigenvalue weighted by Gasteiger charge is 2.23. The Hall–Kier alpha value is -0.620. The van der Waals surface area contributed by atoms with Crippen LogP contribution in [0.1, 0.15) is 18.9 Å². The van der Waals surface area contributed by atoms with E-state index >= 15 is 0 Å². The van der Waals surface area contributed by atoms with E-state index in [4.69, 9.17) is 9.47 Å². The summed E-state index contributed by atoms with van der Waals surface area (Å²) in [6, 6.07) is 6.60. The number of nitrogens with one attached hydrogen (secondary N) is 1. The zero-order chi connectivity index (χ0) is 15.1. The monoisotopic (exact) mass is 356 g/mol. The number of morpholine rings is 1. The molecule has 1 aliphatic heterocycles. The molecule has 118 valence electrons. The quantitative estimate of drug-likeness (QED) is 0.761. The van der Waals surface area contributed by atoms with E-state index in [0.29, 0.717) is 6.04 Å². The summed E-state index contributed by atoms with van der Waals surface area (Å²) in [4.78, 5) is 2.48. The molecule has 4 nitrogen and oxygen atoms in total. The highest BCUT2D eigenvalue weighted by molar-refractivity contribution is 9.10. The molecule has 1 unspecified atom stereocenters. The molecule has 1 saturated heterocycles. The Morgan fingerprint density at radius 2 is 2.33 bits per heavy atom. The molecule has 21 heavy (non-hydrogen) atoms. The van der Waals surface area contributed by atoms with Gasteiger partial charge in [-0.1, -0.05) is 22.9 Å². The number of nitrogens with zero attached hydrogens (tertiary/aromatic N) is 1. The normalized spacial score (nSPS) is 19.7. The van der Waals surface area contributed by atoms with Crippen molar-refractivity contribution < 1.29 is 9.47 Å². The van der Waals surface area contributed by atoms with Gasteiger partial charge in [0, 0.05) is 35.7 Å². The van der Waals surface area contributed by atoms with E-state index in [1.54, 1.807) is 7.11 Å². The van der Waals surface area contributed by atoms with Crippen LogP contribution in [0.15, 0.2) is 22.7 Å². The number of hydrogen-bond acceptors (Lipinski definition) is 4. The number of hydrogen-bond donors (Lipinski definition) is 1. The van der Waals surface area contributed by atoms with Crippen LogP contribution in [0.4, 0.5) is 0 Å². The maximum Gasteiger partial charge on any atom is 0.123 e. The van der Waals surface area contributed by atoms with Gasteiger partial charge in [0.05, 0.1) is 20.3 Å². The Morgan fingerprint density at radius 3 is 3.10 bits per heavy atom. The summed E-state index contributed by atoms with van der Waals surface area (Å²) in [6.07, 6.45) is 1.16. The fourth-order valence-corrected chi connectivity index (χ4v) is 3.03. The highest BCUT2D eigenvalue weighted by Crippen LogP contribution is 2.25. The van der Waals surface area contributed by atoms with Gasteiger partial charge in [0.1, 0.15) is 5.75 Å². The molecule has 0 spiro atoms. The van der Waals surface area contributed by atoms with Gasteiger partial charge in [-0.2, -0.15) is 0 Å². The average molecular weight is 357 g/mol. The molecular weight excluding hydrogens is 332 g/mol. The van der Waals surface area contributed by atoms with Crippen LogP contribution in [0, 0.1) is 0 Å². The first-order chi connectivity index (χ1) is 10.2. The minimum atomic E-state index is 0.425. The summed E-state index contributed by atoms with van der Waals surface area (Å²) in [6.45, 7) is 7.69. The molecule has 1 aliphatic rings. The number of methoxy groups -OCH3 is 1. The lowest BCUT2D eigenvalue weighted by molar-refractivity contribution is -0.0111. The van der Waals surface area contributed by atoms with Crippen molar-refractivity contribution in [3.05, 3.63) is 28.2 Å². The van der Waals surface area contributed by atoms with Gasteiger partial charge in [0.15, 0.2) is 0 Å². The molecule has 0 radical (unpaired) electrons. The summed E-state index contributed by atoms with van der Waals surface area (Å²) in [5, 5.41) is 3.50. The fraction of sp³-hybridized carbons (Fsp3) is 0.625. The van der Waals surface area contributed by atoms with Crippen molar-refractivity contribution in [1.82, 2.24) is 10.2 Å². The zero-order valence-electron chi connectivity index (χ0n) is 12.9. The summed E-state index contributed by atoms with van der Waals surface area (Å²) < 4.78 is 12.2. The van der Waals surface area contributed by atoms with Crippen LogP contribution < -0.4 is 10.1 Å². The maximum atomic E-state index is 5.64. The topological polar surface area (TPSA) is 33.7 Å². The van der Waals surface area contributed by atoms with Gasteiger partial charge >= 0.3 is 0 Å². The van der Waals surface area contributed by atoms with Gasteiger partial charge < -0.3 is 14.8 Å². The Bertz CT molecular complexity index is 442. The van der Waals surface area contributed by atoms with Gasteiger partial charge in [-0.05, 0) is 31.2 Å². The SMILES string of the molecule is CCCNCC1COCCN1Cc1cc(Br)ccc1OC. The van der Waals surface area contributed by atoms with E-state index in [0.717, 1.165) is 56.0 Å². The molecule has 1 fully saturated rings. The lowest BCUT2D eigenvalue weighted by Gasteiger charge is -2.36. The Morgan fingerprint density at radius 1 is 1.48 bits per heavy atom. The lowest BCUT2D eigenvalue weighted by Crippen LogP contribution is -2.49. The van der Waals surface area contributed by atoms with Crippen molar-refractivity contribution >= 4 is 15.9 Å². The summed E-state index contributed by atoms with van der Waals surface area (Å²) in [7, 11) is 1.73. The predicted molar refractivity (Wildman–Crippen MR) is 88.9 cm³/mol. The standard InChI is InChI=1S/C16H25BrN2O2/c1-3-6-18-10-15-12-21-8-7-19(15)11-13-9-14(17)4-5-16(13)20-2/h4-5,9,15,18H,3,6-8,10-12H2,1-2H3. The molecule has 2 rings (SSSR count). The molecule has 0 saturated carbocycles. The number of rotatable bonds is 7. The van der Waals surface area contributed by atoms with Gasteiger partial charge in [-0.3, -0.25) is 4.90 Å². The second-order valence-corrected chi connectivity index (χ2v) is 6.28. The molecule has 1 N–H and O–H groups in total.